The number of unbranched alkanes of at least 4 members (excludes halogenated alkanes) is 15. The number of nitrogens with one attached hydrogen (secondary N) is 1. The summed E-state index contributed by atoms with van der Waals surface area (Å²) in [6.07, 6.45) is 26.3. The number of hydrogen-bond donors (Lipinski definition) is 3. The molecule has 30 heavy (non-hydrogen) atoms. The van der Waals surface area contributed by atoms with Gasteiger partial charge in [0, 0.05) is 6.42 Å². The molecule has 0 aliphatic carbocycles. The zero-order valence-electron chi connectivity index (χ0n) is 19.4. The molecule has 0 aliphatic heterocycles. The van der Waals surface area contributed by atoms with Gasteiger partial charge in [0.25, 0.3) is 0 Å². The highest BCUT2D eigenvalue weighted by Crippen LogP contribution is 2.12. The van der Waals surface area contributed by atoms with Crippen molar-refractivity contribution in [2.75, 3.05) is 6.61 Å². The number of amides is 1. The summed E-state index contributed by atoms with van der Waals surface area (Å²) in [5, 5.41) is 20.0. The molecular formula is C25H47NO4. The Morgan fingerprint density at radius 3 is 1.60 bits per heavy atom. The molecule has 0 heterocycles. The van der Waals surface area contributed by atoms with E-state index in [-0.39, 0.29) is 5.91 Å². The number of carboxylic acid groups (broad SMARTS) is 1. The van der Waals surface area contributed by atoms with E-state index in [0.717, 1.165) is 19.3 Å². The molecule has 0 spiro atoms. The number of aliphatic carboxylic acids is 1. The second-order valence-electron chi connectivity index (χ2n) is 8.39. The lowest BCUT2D eigenvalue weighted by atomic mass is 10.1. The Balaban J connectivity index is 3.28. The van der Waals surface area contributed by atoms with Crippen molar-refractivity contribution in [2.24, 2.45) is 0 Å². The molecule has 5 heteroatoms. The molecule has 0 radical (unpaired) electrons. The smallest absolute Gasteiger partial charge is 0.328 e. The summed E-state index contributed by atoms with van der Waals surface area (Å²) in [4.78, 5) is 22.3. The van der Waals surface area contributed by atoms with Crippen molar-refractivity contribution in [3.05, 3.63) is 12.2 Å². The first kappa shape index (κ1) is 28.6. The molecular weight excluding hydrogens is 378 g/mol. The van der Waals surface area contributed by atoms with Crippen LogP contribution in [0.4, 0.5) is 0 Å². The third kappa shape index (κ3) is 19.9. The van der Waals surface area contributed by atoms with Crippen molar-refractivity contribution < 1.29 is 19.8 Å². The number of hydrogen-bond acceptors (Lipinski definition) is 3. The zero-order valence-corrected chi connectivity index (χ0v) is 19.4. The molecule has 176 valence electrons. The minimum atomic E-state index is -1.20. The van der Waals surface area contributed by atoms with Gasteiger partial charge in [0.05, 0.1) is 6.61 Å². The summed E-state index contributed by atoms with van der Waals surface area (Å²) in [7, 11) is 0. The van der Waals surface area contributed by atoms with Crippen LogP contribution in [-0.2, 0) is 9.59 Å². The maximum Gasteiger partial charge on any atom is 0.328 e. The van der Waals surface area contributed by atoms with E-state index in [9.17, 15) is 9.59 Å². The van der Waals surface area contributed by atoms with Gasteiger partial charge in [0.1, 0.15) is 6.04 Å². The number of carbonyl (C=O) groups excluding carboxylic acids is 1. The van der Waals surface area contributed by atoms with Gasteiger partial charge in [-0.25, -0.2) is 4.79 Å². The first-order valence-electron chi connectivity index (χ1n) is 12.4. The molecule has 1 atom stereocenters. The topological polar surface area (TPSA) is 86.6 Å². The maximum absolute atomic E-state index is 11.6. The Morgan fingerprint density at radius 2 is 1.17 bits per heavy atom. The van der Waals surface area contributed by atoms with E-state index in [2.05, 4.69) is 24.4 Å². The van der Waals surface area contributed by atoms with E-state index in [4.69, 9.17) is 10.2 Å². The summed E-state index contributed by atoms with van der Waals surface area (Å²) in [6, 6.07) is -1.19. The number of aliphatic hydroxyl groups is 1. The quantitative estimate of drug-likeness (QED) is 0.143. The van der Waals surface area contributed by atoms with E-state index < -0.39 is 18.6 Å². The number of carboxylic acids is 1. The van der Waals surface area contributed by atoms with Crippen LogP contribution in [0, 0.1) is 0 Å². The number of allylic oxidation sites excluding steroid dienone is 2. The van der Waals surface area contributed by atoms with Crippen LogP contribution in [-0.4, -0.2) is 34.7 Å². The molecule has 0 rings (SSSR count). The van der Waals surface area contributed by atoms with E-state index >= 15 is 0 Å². The Hall–Kier alpha value is -1.36. The van der Waals surface area contributed by atoms with Crippen LogP contribution >= 0.6 is 0 Å². The Kier molecular flexibility index (Phi) is 21.3. The SMILES string of the molecule is CCCCCCCC/C=C\CCCCCCCCCCCC(=O)NC(CO)C(=O)O. The van der Waals surface area contributed by atoms with Crippen LogP contribution in [0.5, 0.6) is 0 Å². The average molecular weight is 426 g/mol. The van der Waals surface area contributed by atoms with Gasteiger partial charge in [-0.1, -0.05) is 96.1 Å². The van der Waals surface area contributed by atoms with Gasteiger partial charge in [-0.3, -0.25) is 4.79 Å². The van der Waals surface area contributed by atoms with Crippen molar-refractivity contribution in [3.63, 3.8) is 0 Å². The second-order valence-corrected chi connectivity index (χ2v) is 8.39. The van der Waals surface area contributed by atoms with E-state index in [1.165, 1.54) is 89.9 Å². The lowest BCUT2D eigenvalue weighted by Crippen LogP contribution is -2.43. The predicted molar refractivity (Wildman–Crippen MR) is 125 cm³/mol. The molecule has 1 unspecified atom stereocenters. The number of aliphatic hydroxyl groups excluding tert-OH is 1. The minimum Gasteiger partial charge on any atom is -0.480 e. The largest absolute Gasteiger partial charge is 0.480 e. The molecule has 5 nitrogen and oxygen atoms in total. The summed E-state index contributed by atoms with van der Waals surface area (Å²) in [5.41, 5.74) is 0. The molecule has 1 amide bonds. The van der Waals surface area contributed by atoms with Crippen molar-refractivity contribution in [2.45, 2.75) is 129 Å². The molecule has 0 bridgehead atoms. The van der Waals surface area contributed by atoms with Gasteiger partial charge < -0.3 is 15.5 Å². The third-order valence-electron chi connectivity index (χ3n) is 5.48. The van der Waals surface area contributed by atoms with Crippen LogP contribution in [0.2, 0.25) is 0 Å². The fourth-order valence-electron chi connectivity index (χ4n) is 3.52. The summed E-state index contributed by atoms with van der Waals surface area (Å²) >= 11 is 0. The van der Waals surface area contributed by atoms with Crippen LogP contribution in [0.3, 0.4) is 0 Å². The van der Waals surface area contributed by atoms with Crippen molar-refractivity contribution in [3.8, 4) is 0 Å². The van der Waals surface area contributed by atoms with Crippen molar-refractivity contribution in [1.82, 2.24) is 5.32 Å². The summed E-state index contributed by atoms with van der Waals surface area (Å²) in [6.45, 7) is 1.69. The lowest BCUT2D eigenvalue weighted by Gasteiger charge is -2.11. The molecule has 0 aromatic rings. The Bertz CT molecular complexity index is 437. The first-order valence-corrected chi connectivity index (χ1v) is 12.4. The summed E-state index contributed by atoms with van der Waals surface area (Å²) in [5.74, 6) is -1.49. The molecule has 0 saturated heterocycles. The van der Waals surface area contributed by atoms with Gasteiger partial charge >= 0.3 is 5.97 Å². The molecule has 3 N–H and O–H groups in total. The fourth-order valence-corrected chi connectivity index (χ4v) is 3.52. The lowest BCUT2D eigenvalue weighted by molar-refractivity contribution is -0.142. The van der Waals surface area contributed by atoms with Crippen molar-refractivity contribution in [1.29, 1.82) is 0 Å². The predicted octanol–water partition coefficient (Wildman–Crippen LogP) is 6.15. The number of rotatable bonds is 22. The highest BCUT2D eigenvalue weighted by Gasteiger charge is 2.17. The van der Waals surface area contributed by atoms with Crippen LogP contribution in [0.15, 0.2) is 12.2 Å². The molecule has 0 fully saturated rings. The minimum absolute atomic E-state index is 0.294. The normalized spacial score (nSPS) is 12.3. The first-order chi connectivity index (χ1) is 14.6. The van der Waals surface area contributed by atoms with Gasteiger partial charge in [-0.05, 0) is 32.1 Å². The number of carbonyl (C=O) groups is 2. The second kappa shape index (κ2) is 22.3. The highest BCUT2D eigenvalue weighted by atomic mass is 16.4. The molecule has 0 aromatic carbocycles. The Morgan fingerprint density at radius 1 is 0.733 bits per heavy atom. The van der Waals surface area contributed by atoms with Crippen molar-refractivity contribution >= 4 is 11.9 Å². The Labute approximate surface area is 184 Å². The molecule has 0 aromatic heterocycles. The van der Waals surface area contributed by atoms with Gasteiger partial charge in [-0.15, -0.1) is 0 Å². The van der Waals surface area contributed by atoms with Crippen LogP contribution in [0.1, 0.15) is 122 Å². The van der Waals surface area contributed by atoms with Gasteiger partial charge in [-0.2, -0.15) is 0 Å². The van der Waals surface area contributed by atoms with E-state index in [1.54, 1.807) is 0 Å². The zero-order chi connectivity index (χ0) is 22.3. The van der Waals surface area contributed by atoms with E-state index in [1.807, 2.05) is 0 Å². The molecule has 0 saturated carbocycles. The highest BCUT2D eigenvalue weighted by molar-refractivity contribution is 5.83. The van der Waals surface area contributed by atoms with Crippen LogP contribution in [0.25, 0.3) is 0 Å². The molecule has 0 aliphatic rings. The monoisotopic (exact) mass is 425 g/mol. The fraction of sp³-hybridized carbons (Fsp3) is 0.840. The maximum atomic E-state index is 11.6. The van der Waals surface area contributed by atoms with Gasteiger partial charge in [0.15, 0.2) is 0 Å². The van der Waals surface area contributed by atoms with E-state index in [0.29, 0.717) is 6.42 Å². The van der Waals surface area contributed by atoms with Gasteiger partial charge in [0.2, 0.25) is 5.91 Å². The average Bonchev–Trinajstić information content (AvgIpc) is 2.73. The summed E-state index contributed by atoms with van der Waals surface area (Å²) < 4.78 is 0. The third-order valence-corrected chi connectivity index (χ3v) is 5.48. The standard InChI is InChI=1S/C25H47NO4/c1-2-3-4-5-6-7-8-9-10-11-12-13-14-15-16-17-18-19-20-21-24(28)26-23(22-27)25(29)30/h9-10,23,27H,2-8,11-22H2,1H3,(H,26,28)(H,29,30)/b10-9-. The van der Waals surface area contributed by atoms with Crippen LogP contribution < -0.4 is 5.32 Å².